The molecule has 4 rings (SSSR count). The largest absolute Gasteiger partial charge is 0.469 e. The summed E-state index contributed by atoms with van der Waals surface area (Å²) in [6.07, 6.45) is 5.07. The van der Waals surface area contributed by atoms with E-state index in [1.54, 1.807) is 0 Å². The van der Waals surface area contributed by atoms with Crippen LogP contribution < -0.4 is 0 Å². The van der Waals surface area contributed by atoms with Crippen LogP contribution in [-0.2, 0) is 9.53 Å². The lowest BCUT2D eigenvalue weighted by molar-refractivity contribution is -0.140. The second kappa shape index (κ2) is 8.57. The lowest BCUT2D eigenvalue weighted by Gasteiger charge is -2.09. The molecule has 4 aromatic rings. The van der Waals surface area contributed by atoms with Crippen molar-refractivity contribution in [2.24, 2.45) is 0 Å². The van der Waals surface area contributed by atoms with E-state index in [0.29, 0.717) is 12.8 Å². The van der Waals surface area contributed by atoms with Gasteiger partial charge in [-0.3, -0.25) is 9.36 Å². The second-order valence-electron chi connectivity index (χ2n) is 6.74. The number of hydrogen-bond donors (Lipinski definition) is 0. The molecule has 4 heteroatoms. The Kier molecular flexibility index (Phi) is 5.52. The number of imidazole rings is 1. The fraction of sp³-hybridized carbons (Fsp3) is 0.120. The number of hydrogen-bond acceptors (Lipinski definition) is 3. The van der Waals surface area contributed by atoms with Crippen molar-refractivity contribution >= 4 is 23.1 Å². The maximum absolute atomic E-state index is 11.3. The minimum Gasteiger partial charge on any atom is -0.469 e. The lowest BCUT2D eigenvalue weighted by Crippen LogP contribution is -1.98. The fourth-order valence-corrected chi connectivity index (χ4v) is 3.34. The first kappa shape index (κ1) is 18.7. The van der Waals surface area contributed by atoms with E-state index in [1.165, 1.54) is 7.11 Å². The normalized spacial score (nSPS) is 11.2. The van der Waals surface area contributed by atoms with Gasteiger partial charge in [0.15, 0.2) is 0 Å². The lowest BCUT2D eigenvalue weighted by atomic mass is 10.1. The van der Waals surface area contributed by atoms with Crippen molar-refractivity contribution in [3.8, 4) is 17.1 Å². The van der Waals surface area contributed by atoms with Gasteiger partial charge in [-0.05, 0) is 36.2 Å². The summed E-state index contributed by atoms with van der Waals surface area (Å²) in [6.45, 7) is 0. The zero-order chi connectivity index (χ0) is 20.1. The summed E-state index contributed by atoms with van der Waals surface area (Å²) in [5, 5.41) is 0. The van der Waals surface area contributed by atoms with Crippen molar-refractivity contribution in [3.05, 3.63) is 90.5 Å². The Morgan fingerprint density at radius 2 is 1.72 bits per heavy atom. The van der Waals surface area contributed by atoms with Crippen molar-refractivity contribution in [3.63, 3.8) is 0 Å². The van der Waals surface area contributed by atoms with Crippen LogP contribution in [0.1, 0.15) is 18.4 Å². The van der Waals surface area contributed by atoms with E-state index in [9.17, 15) is 4.79 Å². The minimum atomic E-state index is -0.195. The number of nitrogens with zero attached hydrogens (tertiary/aromatic N) is 2. The van der Waals surface area contributed by atoms with Crippen LogP contribution in [0.15, 0.2) is 84.9 Å². The third-order valence-corrected chi connectivity index (χ3v) is 4.78. The zero-order valence-electron chi connectivity index (χ0n) is 16.3. The topological polar surface area (TPSA) is 44.1 Å². The molecule has 1 aromatic heterocycles. The average molecular weight is 382 g/mol. The zero-order valence-corrected chi connectivity index (χ0v) is 16.3. The Labute approximate surface area is 170 Å². The fourth-order valence-electron chi connectivity index (χ4n) is 3.34. The molecule has 3 aromatic carbocycles. The molecule has 0 N–H and O–H groups in total. The molecule has 0 aliphatic carbocycles. The number of aromatic nitrogens is 2. The number of para-hydroxylation sites is 1. The molecular weight excluding hydrogens is 360 g/mol. The molecule has 0 amide bonds. The van der Waals surface area contributed by atoms with Crippen LogP contribution in [0.4, 0.5) is 0 Å². The van der Waals surface area contributed by atoms with Gasteiger partial charge in [0.05, 0.1) is 18.1 Å². The van der Waals surface area contributed by atoms with Crippen molar-refractivity contribution in [2.45, 2.75) is 12.8 Å². The van der Waals surface area contributed by atoms with Gasteiger partial charge in [0.25, 0.3) is 0 Å². The van der Waals surface area contributed by atoms with Crippen molar-refractivity contribution in [1.29, 1.82) is 0 Å². The smallest absolute Gasteiger partial charge is 0.305 e. The van der Waals surface area contributed by atoms with Gasteiger partial charge in [-0.15, -0.1) is 0 Å². The van der Waals surface area contributed by atoms with Crippen molar-refractivity contribution in [2.75, 3.05) is 7.11 Å². The van der Waals surface area contributed by atoms with Crippen molar-refractivity contribution in [1.82, 2.24) is 9.55 Å². The van der Waals surface area contributed by atoms with Crippen LogP contribution >= 0.6 is 0 Å². The minimum absolute atomic E-state index is 0.195. The van der Waals surface area contributed by atoms with E-state index in [2.05, 4.69) is 39.6 Å². The summed E-state index contributed by atoms with van der Waals surface area (Å²) in [6, 6.07) is 26.7. The average Bonchev–Trinajstić information content (AvgIpc) is 3.16. The number of ether oxygens (including phenoxy) is 1. The van der Waals surface area contributed by atoms with E-state index < -0.39 is 0 Å². The molecule has 0 aliphatic rings. The standard InChI is InChI=1S/C25H22N2O2/c1-29-24(28)15-9-8-10-19-16-17-22-23(18-19)27(21-13-6-3-7-14-21)25(26-22)20-11-4-2-5-12-20/h2-8,10-14,16-18H,9,15H2,1H3. The highest BCUT2D eigenvalue weighted by Gasteiger charge is 2.14. The van der Waals surface area contributed by atoms with Crippen LogP contribution in [0, 0.1) is 0 Å². The number of carbonyl (C=O) groups excluding carboxylic acids is 1. The molecule has 0 spiro atoms. The van der Waals surface area contributed by atoms with Gasteiger partial charge in [-0.1, -0.05) is 66.7 Å². The van der Waals surface area contributed by atoms with Gasteiger partial charge in [-0.25, -0.2) is 4.98 Å². The van der Waals surface area contributed by atoms with E-state index in [-0.39, 0.29) is 5.97 Å². The molecule has 29 heavy (non-hydrogen) atoms. The number of fused-ring (bicyclic) bond motifs is 1. The Morgan fingerprint density at radius 1 is 1.00 bits per heavy atom. The van der Waals surface area contributed by atoms with Gasteiger partial charge in [0.1, 0.15) is 5.82 Å². The van der Waals surface area contributed by atoms with Crippen LogP contribution in [-0.4, -0.2) is 22.6 Å². The molecule has 0 aliphatic heterocycles. The first-order valence-electron chi connectivity index (χ1n) is 9.63. The number of carbonyl (C=O) groups is 1. The summed E-state index contributed by atoms with van der Waals surface area (Å²) in [5.41, 5.74) is 5.20. The molecule has 0 radical (unpaired) electrons. The Morgan fingerprint density at radius 3 is 2.45 bits per heavy atom. The predicted octanol–water partition coefficient (Wildman–Crippen LogP) is 5.66. The monoisotopic (exact) mass is 382 g/mol. The first-order chi connectivity index (χ1) is 14.3. The SMILES string of the molecule is COC(=O)CCC=Cc1ccc2nc(-c3ccccc3)n(-c3ccccc3)c2c1. The molecule has 0 atom stereocenters. The van der Waals surface area contributed by atoms with Gasteiger partial charge in [0, 0.05) is 17.7 Å². The van der Waals surface area contributed by atoms with Crippen molar-refractivity contribution < 1.29 is 9.53 Å². The third kappa shape index (κ3) is 4.11. The highest BCUT2D eigenvalue weighted by molar-refractivity contribution is 5.85. The number of benzene rings is 3. The maximum atomic E-state index is 11.3. The molecule has 144 valence electrons. The van der Waals surface area contributed by atoms with Crippen LogP contribution in [0.3, 0.4) is 0 Å². The predicted molar refractivity (Wildman–Crippen MR) is 117 cm³/mol. The number of esters is 1. The van der Waals surface area contributed by atoms with Crippen LogP contribution in [0.5, 0.6) is 0 Å². The third-order valence-electron chi connectivity index (χ3n) is 4.78. The molecule has 1 heterocycles. The number of methoxy groups -OCH3 is 1. The van der Waals surface area contributed by atoms with Gasteiger partial charge in [0.2, 0.25) is 0 Å². The van der Waals surface area contributed by atoms with Gasteiger partial charge in [-0.2, -0.15) is 0 Å². The van der Waals surface area contributed by atoms with Gasteiger partial charge >= 0.3 is 5.97 Å². The first-order valence-corrected chi connectivity index (χ1v) is 9.63. The Hall–Kier alpha value is -3.66. The molecule has 0 bridgehead atoms. The van der Waals surface area contributed by atoms with E-state index in [4.69, 9.17) is 4.98 Å². The summed E-state index contributed by atoms with van der Waals surface area (Å²) >= 11 is 0. The molecule has 0 fully saturated rings. The van der Waals surface area contributed by atoms with Crippen LogP contribution in [0.2, 0.25) is 0 Å². The molecular formula is C25H22N2O2. The van der Waals surface area contributed by atoms with Gasteiger partial charge < -0.3 is 4.74 Å². The summed E-state index contributed by atoms with van der Waals surface area (Å²) in [5.74, 6) is 0.721. The summed E-state index contributed by atoms with van der Waals surface area (Å²) in [7, 11) is 1.41. The summed E-state index contributed by atoms with van der Waals surface area (Å²) in [4.78, 5) is 16.2. The van der Waals surface area contributed by atoms with E-state index >= 15 is 0 Å². The molecule has 0 saturated heterocycles. The Balaban J connectivity index is 1.77. The highest BCUT2D eigenvalue weighted by atomic mass is 16.5. The Bertz CT molecular complexity index is 1150. The van der Waals surface area contributed by atoms with E-state index in [0.717, 1.165) is 33.7 Å². The second-order valence-corrected chi connectivity index (χ2v) is 6.74. The molecule has 4 nitrogen and oxygen atoms in total. The van der Waals surface area contributed by atoms with E-state index in [1.807, 2.05) is 60.7 Å². The quantitative estimate of drug-likeness (QED) is 0.404. The highest BCUT2D eigenvalue weighted by Crippen LogP contribution is 2.29. The summed E-state index contributed by atoms with van der Waals surface area (Å²) < 4.78 is 6.88. The number of allylic oxidation sites excluding steroid dienone is 1. The van der Waals surface area contributed by atoms with Crippen LogP contribution in [0.25, 0.3) is 34.2 Å². The molecule has 0 saturated carbocycles. The maximum Gasteiger partial charge on any atom is 0.305 e. The number of rotatable bonds is 6. The molecule has 0 unspecified atom stereocenters.